The van der Waals surface area contributed by atoms with E-state index in [-0.39, 0.29) is 19.8 Å². The number of benzene rings is 2. The van der Waals surface area contributed by atoms with Crippen molar-refractivity contribution in [2.45, 2.75) is 59.2 Å². The van der Waals surface area contributed by atoms with Crippen LogP contribution in [0.5, 0.6) is 0 Å². The molecule has 0 fully saturated rings. The number of esters is 1. The fraction of sp³-hybridized carbons (Fsp3) is 0.382. The number of rotatable bonds is 10. The molecule has 0 spiro atoms. The van der Waals surface area contributed by atoms with Crippen LogP contribution in [0.1, 0.15) is 40.6 Å². The van der Waals surface area contributed by atoms with Gasteiger partial charge in [-0.15, -0.1) is 0 Å². The Balaban J connectivity index is 1.32. The number of aromatic nitrogens is 2. The van der Waals surface area contributed by atoms with Gasteiger partial charge in [-0.25, -0.2) is 4.79 Å². The van der Waals surface area contributed by atoms with Gasteiger partial charge in [0.2, 0.25) is 0 Å². The van der Waals surface area contributed by atoms with Gasteiger partial charge in [-0.2, -0.15) is 0 Å². The highest BCUT2D eigenvalue weighted by Crippen LogP contribution is 2.34. The van der Waals surface area contributed by atoms with Crippen molar-refractivity contribution in [1.29, 1.82) is 0 Å². The molecule has 220 valence electrons. The number of quaternary nitrogens is 1. The number of nitrogens with zero attached hydrogens (tertiary/aromatic N) is 4. The quantitative estimate of drug-likeness (QED) is 0.123. The summed E-state index contributed by atoms with van der Waals surface area (Å²) in [5.41, 5.74) is 8.28. The second-order valence-corrected chi connectivity index (χ2v) is 11.5. The molecule has 0 N–H and O–H groups in total. The zero-order valence-electron chi connectivity index (χ0n) is 25.0. The number of pyridine rings is 1. The molecule has 0 bridgehead atoms. The molecule has 0 saturated heterocycles. The van der Waals surface area contributed by atoms with E-state index in [0.717, 1.165) is 43.7 Å². The first-order valence-electron chi connectivity index (χ1n) is 14.7. The molecule has 5 rings (SSSR count). The van der Waals surface area contributed by atoms with E-state index in [2.05, 4.69) is 58.8 Å². The fourth-order valence-electron chi connectivity index (χ4n) is 5.78. The molecule has 42 heavy (non-hydrogen) atoms. The maximum Gasteiger partial charge on any atom is 0.331 e. The zero-order chi connectivity index (χ0) is 29.7. The summed E-state index contributed by atoms with van der Waals surface area (Å²) in [4.78, 5) is 21.2. The molecule has 0 saturated carbocycles. The summed E-state index contributed by atoms with van der Waals surface area (Å²) in [5, 5.41) is 14.1. The first kappa shape index (κ1) is 29.3. The Morgan fingerprint density at radius 3 is 2.64 bits per heavy atom. The minimum absolute atomic E-state index is 0.177. The number of hydrogen-bond donors (Lipinski definition) is 0. The second-order valence-electron chi connectivity index (χ2n) is 11.5. The van der Waals surface area contributed by atoms with Gasteiger partial charge in [-0.1, -0.05) is 48.0 Å². The Morgan fingerprint density at radius 1 is 1.10 bits per heavy atom. The predicted octanol–water partition coefficient (Wildman–Crippen LogP) is 4.26. The van der Waals surface area contributed by atoms with Gasteiger partial charge in [0.15, 0.2) is 6.04 Å². The van der Waals surface area contributed by atoms with Crippen molar-refractivity contribution in [2.75, 3.05) is 26.9 Å². The first-order chi connectivity index (χ1) is 20.2. The number of ether oxygens (including phenoxy) is 2. The Hall–Kier alpha value is -4.17. The van der Waals surface area contributed by atoms with E-state index in [0.29, 0.717) is 4.48 Å². The summed E-state index contributed by atoms with van der Waals surface area (Å²) in [7, 11) is 2.11. The van der Waals surface area contributed by atoms with Crippen molar-refractivity contribution in [3.05, 3.63) is 101 Å². The van der Waals surface area contributed by atoms with Crippen LogP contribution in [0.3, 0.4) is 0 Å². The van der Waals surface area contributed by atoms with E-state index in [1.807, 2.05) is 43.5 Å². The molecule has 2 atom stereocenters. The Morgan fingerprint density at radius 2 is 1.90 bits per heavy atom. The third-order valence-corrected chi connectivity index (χ3v) is 8.06. The van der Waals surface area contributed by atoms with Crippen LogP contribution in [0.25, 0.3) is 10.9 Å². The van der Waals surface area contributed by atoms with Gasteiger partial charge < -0.3 is 23.6 Å². The molecule has 8 heteroatoms. The number of carbonyl (C=O) groups excluding carboxylic acids is 1. The maximum absolute atomic E-state index is 12.9. The van der Waals surface area contributed by atoms with E-state index in [1.165, 1.54) is 33.3 Å². The lowest BCUT2D eigenvalue weighted by atomic mass is 10.0. The third-order valence-electron chi connectivity index (χ3n) is 8.06. The Labute approximate surface area is 247 Å². The van der Waals surface area contributed by atoms with E-state index in [4.69, 9.17) is 9.47 Å². The number of fused-ring (bicyclic) bond motifs is 3. The highest BCUT2D eigenvalue weighted by atomic mass is 16.6. The molecule has 3 heterocycles. The maximum atomic E-state index is 12.9. The lowest BCUT2D eigenvalue weighted by Gasteiger charge is -2.40. The molecule has 8 nitrogen and oxygen atoms in total. The van der Waals surface area contributed by atoms with Gasteiger partial charge in [0.1, 0.15) is 19.4 Å². The summed E-state index contributed by atoms with van der Waals surface area (Å²) in [6.45, 7) is 8.72. The minimum Gasteiger partial charge on any atom is -0.553 e. The van der Waals surface area contributed by atoms with Crippen LogP contribution in [0.4, 0.5) is 0 Å². The van der Waals surface area contributed by atoms with Crippen molar-refractivity contribution < 1.29 is 23.9 Å². The SMILES string of the molecule is CCOC(=O)C(Cc1ccccc1)N=C([O-])OC[N+]1(C)CCc2c(c3cc(C)ccc3n2CCc2ccc(C)nc2)C1. The van der Waals surface area contributed by atoms with Gasteiger partial charge in [-0.3, -0.25) is 9.98 Å². The Bertz CT molecular complexity index is 1560. The Kier molecular flexibility index (Phi) is 8.92. The second kappa shape index (κ2) is 12.8. The van der Waals surface area contributed by atoms with Gasteiger partial charge in [-0.05, 0) is 56.5 Å². The number of aliphatic imine (C=N–C) groups is 1. The molecule has 0 radical (unpaired) electrons. The van der Waals surface area contributed by atoms with Crippen molar-refractivity contribution in [3.63, 3.8) is 0 Å². The molecule has 0 amide bonds. The van der Waals surface area contributed by atoms with Gasteiger partial charge in [0.05, 0.1) is 20.2 Å². The molecule has 4 aromatic rings. The topological polar surface area (TPSA) is 88.8 Å². The smallest absolute Gasteiger partial charge is 0.331 e. The first-order valence-corrected chi connectivity index (χ1v) is 14.7. The largest absolute Gasteiger partial charge is 0.553 e. The van der Waals surface area contributed by atoms with Crippen LogP contribution < -0.4 is 5.11 Å². The highest BCUT2D eigenvalue weighted by molar-refractivity contribution is 5.86. The third kappa shape index (κ3) is 6.82. The average molecular weight is 569 g/mol. The fourth-order valence-corrected chi connectivity index (χ4v) is 5.78. The van der Waals surface area contributed by atoms with Crippen molar-refractivity contribution >= 4 is 23.0 Å². The van der Waals surface area contributed by atoms with Crippen molar-refractivity contribution in [2.24, 2.45) is 4.99 Å². The summed E-state index contributed by atoms with van der Waals surface area (Å²) in [5.74, 6) is -0.522. The van der Waals surface area contributed by atoms with Crippen LogP contribution in [0.15, 0.2) is 71.9 Å². The standard InChI is InChI=1S/C34H40N4O4/c1-5-41-33(39)30(20-26-9-7-6-8-10-26)36-34(40)42-23-38(4)18-16-32-29(22-38)28-19-24(2)11-14-31(28)37(32)17-15-27-13-12-25(3)35-21-27/h6-14,19,21,30H,5,15-18,20,22-23H2,1-4H3. The lowest BCUT2D eigenvalue weighted by molar-refractivity contribution is -0.940. The van der Waals surface area contributed by atoms with E-state index < -0.39 is 18.1 Å². The van der Waals surface area contributed by atoms with Crippen LogP contribution in [0.2, 0.25) is 0 Å². The van der Waals surface area contributed by atoms with Gasteiger partial charge in [0.25, 0.3) is 0 Å². The van der Waals surface area contributed by atoms with Crippen LogP contribution in [-0.4, -0.2) is 59.1 Å². The molecule has 1 aliphatic rings. The highest BCUT2D eigenvalue weighted by Gasteiger charge is 2.32. The monoisotopic (exact) mass is 568 g/mol. The molecule has 1 aliphatic heterocycles. The van der Waals surface area contributed by atoms with E-state index in [9.17, 15) is 9.90 Å². The lowest BCUT2D eigenvalue weighted by Crippen LogP contribution is -2.50. The summed E-state index contributed by atoms with van der Waals surface area (Å²) in [6, 6.07) is 19.4. The number of aryl methyl sites for hydroxylation is 4. The molecule has 2 aromatic carbocycles. The van der Waals surface area contributed by atoms with Crippen molar-refractivity contribution in [3.8, 4) is 0 Å². The van der Waals surface area contributed by atoms with Crippen molar-refractivity contribution in [1.82, 2.24) is 9.55 Å². The average Bonchev–Trinajstić information content (AvgIpc) is 3.27. The van der Waals surface area contributed by atoms with E-state index in [1.54, 1.807) is 6.92 Å². The number of likely N-dealkylation sites (N-methyl/N-ethyl adjacent to an activating group) is 1. The summed E-state index contributed by atoms with van der Waals surface area (Å²) >= 11 is 0. The molecule has 2 unspecified atom stereocenters. The van der Waals surface area contributed by atoms with Crippen LogP contribution in [-0.2, 0) is 46.6 Å². The van der Waals surface area contributed by atoms with E-state index >= 15 is 0 Å². The molecular formula is C34H40N4O4. The van der Waals surface area contributed by atoms with Crippen LogP contribution in [0, 0.1) is 13.8 Å². The number of carbonyl (C=O) groups is 1. The minimum atomic E-state index is -0.942. The summed E-state index contributed by atoms with van der Waals surface area (Å²) < 4.78 is 13.9. The number of hydrogen-bond acceptors (Lipinski definition) is 6. The van der Waals surface area contributed by atoms with Crippen LogP contribution >= 0.6 is 0 Å². The molecule has 2 aromatic heterocycles. The summed E-state index contributed by atoms with van der Waals surface area (Å²) in [6.07, 6.45) is 3.30. The molecular weight excluding hydrogens is 528 g/mol. The van der Waals surface area contributed by atoms with Gasteiger partial charge in [0, 0.05) is 53.4 Å². The predicted molar refractivity (Wildman–Crippen MR) is 162 cm³/mol. The molecule has 0 aliphatic carbocycles. The normalized spacial score (nSPS) is 17.6. The van der Waals surface area contributed by atoms with Gasteiger partial charge >= 0.3 is 5.97 Å². The zero-order valence-corrected chi connectivity index (χ0v) is 25.0.